The molecule has 4 rings (SSSR count). The molecule has 3 aromatic rings. The van der Waals surface area contributed by atoms with Crippen molar-refractivity contribution in [3.8, 4) is 10.4 Å². The predicted molar refractivity (Wildman–Crippen MR) is 148 cm³/mol. The van der Waals surface area contributed by atoms with E-state index in [-0.39, 0.29) is 23.8 Å². The van der Waals surface area contributed by atoms with Crippen molar-refractivity contribution in [3.63, 3.8) is 0 Å². The average Bonchev–Trinajstić information content (AvgIpc) is 3.50. The van der Waals surface area contributed by atoms with Gasteiger partial charge in [-0.1, -0.05) is 17.4 Å². The van der Waals surface area contributed by atoms with E-state index >= 15 is 0 Å². The number of anilines is 1. The fraction of sp³-hybridized carbons (Fsp3) is 0.385. The number of aromatic nitrogens is 2. The van der Waals surface area contributed by atoms with E-state index in [1.807, 2.05) is 0 Å². The number of nitrogens with one attached hydrogen (secondary N) is 2. The number of halogens is 6. The first-order chi connectivity index (χ1) is 20.2. The number of sulfonamides is 1. The van der Waals surface area contributed by atoms with E-state index in [1.54, 1.807) is 6.92 Å². The number of rotatable bonds is 7. The number of benzene rings is 1. The molecule has 18 heteroatoms. The molecule has 0 saturated carbocycles. The summed E-state index contributed by atoms with van der Waals surface area (Å²) in [5, 5.41) is 2.53. The number of pyridine rings is 1. The van der Waals surface area contributed by atoms with Gasteiger partial charge in [-0.3, -0.25) is 15.1 Å². The predicted octanol–water partition coefficient (Wildman–Crippen LogP) is 4.81. The molecule has 0 bridgehead atoms. The van der Waals surface area contributed by atoms with Gasteiger partial charge in [0.15, 0.2) is 5.13 Å². The zero-order chi connectivity index (χ0) is 32.8. The molecule has 238 valence electrons. The Labute approximate surface area is 251 Å². The van der Waals surface area contributed by atoms with Crippen LogP contribution in [0.1, 0.15) is 37.2 Å². The SMILES string of the molecule is Cc1nc(NC(=O)N2C[C@H](NS(=O)(=O)c3cccc(C(F)(F)F)c3)C[C@H]2C(N)=O)sc1-c1ccnc(C(C)(C)C(F)(F)F)c1. The number of primary amides is 1. The molecule has 1 aliphatic rings. The summed E-state index contributed by atoms with van der Waals surface area (Å²) in [6, 6.07) is 2.65. The molecule has 10 nitrogen and oxygen atoms in total. The van der Waals surface area contributed by atoms with Crippen LogP contribution in [0.5, 0.6) is 0 Å². The largest absolute Gasteiger partial charge is 0.416 e. The quantitative estimate of drug-likeness (QED) is 0.309. The minimum absolute atomic E-state index is 0.0344. The maximum atomic E-state index is 13.6. The van der Waals surface area contributed by atoms with Crippen molar-refractivity contribution in [1.82, 2.24) is 19.6 Å². The van der Waals surface area contributed by atoms with E-state index in [0.717, 1.165) is 42.2 Å². The van der Waals surface area contributed by atoms with Crippen molar-refractivity contribution < 1.29 is 44.3 Å². The van der Waals surface area contributed by atoms with Crippen LogP contribution in [0.15, 0.2) is 47.5 Å². The van der Waals surface area contributed by atoms with Crippen LogP contribution in [0, 0.1) is 6.92 Å². The maximum Gasteiger partial charge on any atom is 0.416 e. The van der Waals surface area contributed by atoms with Crippen LogP contribution in [0.3, 0.4) is 0 Å². The lowest BCUT2D eigenvalue weighted by molar-refractivity contribution is -0.181. The number of hydrogen-bond acceptors (Lipinski definition) is 7. The van der Waals surface area contributed by atoms with Crippen LogP contribution in [0.2, 0.25) is 0 Å². The zero-order valence-electron chi connectivity index (χ0n) is 23.2. The smallest absolute Gasteiger partial charge is 0.368 e. The summed E-state index contributed by atoms with van der Waals surface area (Å²) in [5.41, 5.74) is 2.57. The Balaban J connectivity index is 1.52. The minimum atomic E-state index is -4.78. The summed E-state index contributed by atoms with van der Waals surface area (Å²) >= 11 is 0.949. The molecule has 1 aromatic carbocycles. The fourth-order valence-electron chi connectivity index (χ4n) is 4.48. The number of carbonyl (C=O) groups is 2. The molecular formula is C26H26F6N6O4S2. The van der Waals surface area contributed by atoms with Gasteiger partial charge in [0, 0.05) is 18.8 Å². The summed E-state index contributed by atoms with van der Waals surface area (Å²) in [5.74, 6) is -0.950. The molecule has 0 spiro atoms. The Bertz CT molecular complexity index is 1690. The second-order valence-corrected chi connectivity index (χ2v) is 13.3. The minimum Gasteiger partial charge on any atom is -0.368 e. The van der Waals surface area contributed by atoms with E-state index in [1.165, 1.54) is 18.3 Å². The number of thiazole rings is 1. The third-order valence-electron chi connectivity index (χ3n) is 7.07. The van der Waals surface area contributed by atoms with Crippen molar-refractivity contribution in [2.75, 3.05) is 11.9 Å². The van der Waals surface area contributed by atoms with Crippen molar-refractivity contribution in [2.24, 2.45) is 5.73 Å². The molecule has 0 radical (unpaired) electrons. The molecule has 0 unspecified atom stereocenters. The lowest BCUT2D eigenvalue weighted by atomic mass is 9.87. The third kappa shape index (κ3) is 6.81. The highest BCUT2D eigenvalue weighted by molar-refractivity contribution is 7.89. The number of nitrogens with two attached hydrogens (primary N) is 1. The van der Waals surface area contributed by atoms with Crippen molar-refractivity contribution in [2.45, 2.75) is 61.9 Å². The zero-order valence-corrected chi connectivity index (χ0v) is 24.9. The summed E-state index contributed by atoms with van der Waals surface area (Å²) in [4.78, 5) is 34.2. The van der Waals surface area contributed by atoms with E-state index in [2.05, 4.69) is 20.0 Å². The summed E-state index contributed by atoms with van der Waals surface area (Å²) in [6.45, 7) is 3.23. The molecule has 3 heterocycles. The monoisotopic (exact) mass is 664 g/mol. The van der Waals surface area contributed by atoms with Crippen LogP contribution in [0.25, 0.3) is 10.4 Å². The third-order valence-corrected chi connectivity index (χ3v) is 9.71. The Hall–Kier alpha value is -3.77. The van der Waals surface area contributed by atoms with Gasteiger partial charge in [-0.05, 0) is 63.1 Å². The van der Waals surface area contributed by atoms with E-state index in [9.17, 15) is 44.3 Å². The van der Waals surface area contributed by atoms with Gasteiger partial charge >= 0.3 is 18.4 Å². The maximum absolute atomic E-state index is 13.6. The van der Waals surface area contributed by atoms with Gasteiger partial charge in [-0.25, -0.2) is 22.9 Å². The molecule has 1 aliphatic heterocycles. The molecule has 44 heavy (non-hydrogen) atoms. The first-order valence-electron chi connectivity index (χ1n) is 12.8. The van der Waals surface area contributed by atoms with E-state index < -0.39 is 62.3 Å². The first kappa shape index (κ1) is 33.1. The Morgan fingerprint density at radius 2 is 1.77 bits per heavy atom. The lowest BCUT2D eigenvalue weighted by Crippen LogP contribution is -2.46. The van der Waals surface area contributed by atoms with Crippen LogP contribution < -0.4 is 15.8 Å². The van der Waals surface area contributed by atoms with Crippen LogP contribution in [-0.2, 0) is 26.4 Å². The van der Waals surface area contributed by atoms with Gasteiger partial charge in [-0.15, -0.1) is 0 Å². The number of carbonyl (C=O) groups excluding carboxylic acids is 2. The van der Waals surface area contributed by atoms with E-state index in [0.29, 0.717) is 28.3 Å². The molecule has 2 atom stereocenters. The molecule has 1 saturated heterocycles. The van der Waals surface area contributed by atoms with Gasteiger partial charge in [-0.2, -0.15) is 26.3 Å². The highest BCUT2D eigenvalue weighted by Crippen LogP contribution is 2.41. The summed E-state index contributed by atoms with van der Waals surface area (Å²) in [7, 11) is -4.49. The van der Waals surface area contributed by atoms with Crippen molar-refractivity contribution in [1.29, 1.82) is 0 Å². The number of nitrogens with zero attached hydrogens (tertiary/aromatic N) is 3. The fourth-order valence-corrected chi connectivity index (χ4v) is 6.72. The number of alkyl halides is 6. The van der Waals surface area contributed by atoms with Crippen molar-refractivity contribution in [3.05, 3.63) is 59.5 Å². The van der Waals surface area contributed by atoms with Crippen molar-refractivity contribution >= 4 is 38.4 Å². The molecule has 1 fully saturated rings. The Kier molecular flexibility index (Phi) is 8.75. The number of amides is 3. The average molecular weight is 665 g/mol. The standard InChI is InChI=1S/C26H26F6N6O4S2/c1-13-20(14-7-8-34-19(9-14)24(2,3)26(30,31)32)43-22(35-13)36-23(40)38-12-16(11-18(38)21(33)39)37-44(41,42)17-6-4-5-15(10-17)25(27,28)29/h4-10,16,18,37H,11-12H2,1-3H3,(H2,33,39)(H,35,36,40)/t16-,18+/m1/s1. The Morgan fingerprint density at radius 3 is 2.39 bits per heavy atom. The molecular weight excluding hydrogens is 638 g/mol. The van der Waals surface area contributed by atoms with Gasteiger partial charge in [0.05, 0.1) is 26.7 Å². The number of aryl methyl sites for hydroxylation is 1. The number of urea groups is 1. The van der Waals surface area contributed by atoms with Gasteiger partial charge in [0.25, 0.3) is 0 Å². The number of hydrogen-bond donors (Lipinski definition) is 3. The molecule has 3 amide bonds. The van der Waals surface area contributed by atoms with E-state index in [4.69, 9.17) is 5.73 Å². The Morgan fingerprint density at radius 1 is 1.09 bits per heavy atom. The molecule has 0 aliphatic carbocycles. The number of likely N-dealkylation sites (tertiary alicyclic amines) is 1. The second-order valence-electron chi connectivity index (χ2n) is 10.6. The normalized spacial score (nSPS) is 18.0. The van der Waals surface area contributed by atoms with Crippen LogP contribution in [0.4, 0.5) is 36.3 Å². The van der Waals surface area contributed by atoms with Gasteiger partial charge in [0.1, 0.15) is 11.5 Å². The van der Waals surface area contributed by atoms with Crippen LogP contribution >= 0.6 is 11.3 Å². The van der Waals surface area contributed by atoms with Gasteiger partial charge < -0.3 is 10.6 Å². The summed E-state index contributed by atoms with van der Waals surface area (Å²) in [6.07, 6.45) is -8.36. The highest BCUT2D eigenvalue weighted by atomic mass is 32.2. The summed E-state index contributed by atoms with van der Waals surface area (Å²) < 4.78 is 108. The highest BCUT2D eigenvalue weighted by Gasteiger charge is 2.49. The first-order valence-corrected chi connectivity index (χ1v) is 15.1. The molecule has 4 N–H and O–H groups in total. The topological polar surface area (TPSA) is 147 Å². The molecule has 2 aromatic heterocycles. The lowest BCUT2D eigenvalue weighted by Gasteiger charge is -2.27. The second kappa shape index (κ2) is 11.6. The van der Waals surface area contributed by atoms with Gasteiger partial charge in [0.2, 0.25) is 15.9 Å². The van der Waals surface area contributed by atoms with Crippen LogP contribution in [-0.4, -0.2) is 60.0 Å².